The molecule has 1 aromatic carbocycles. The molecule has 0 spiro atoms. The fraction of sp³-hybridized carbons (Fsp3) is 0.500. The van der Waals surface area contributed by atoms with Gasteiger partial charge in [-0.3, -0.25) is 4.79 Å². The summed E-state index contributed by atoms with van der Waals surface area (Å²) in [4.78, 5) is 11.3. The average Bonchev–Trinajstić information content (AvgIpc) is 2.38. The van der Waals surface area contributed by atoms with Crippen molar-refractivity contribution >= 4 is 5.97 Å². The van der Waals surface area contributed by atoms with E-state index in [0.717, 1.165) is 12.1 Å². The van der Waals surface area contributed by atoms with Crippen molar-refractivity contribution in [1.29, 1.82) is 0 Å². The van der Waals surface area contributed by atoms with E-state index in [2.05, 4.69) is 5.32 Å². The minimum Gasteiger partial charge on any atom is -0.454 e. The molecule has 0 aromatic heterocycles. The van der Waals surface area contributed by atoms with E-state index in [1.54, 1.807) is 6.07 Å². The highest BCUT2D eigenvalue weighted by Gasteiger charge is 2.39. The Hall–Kier alpha value is -1.56. The molecule has 0 aliphatic carbocycles. The van der Waals surface area contributed by atoms with Crippen LogP contribution in [0.15, 0.2) is 24.3 Å². The van der Waals surface area contributed by atoms with Crippen molar-refractivity contribution in [1.82, 2.24) is 5.32 Å². The summed E-state index contributed by atoms with van der Waals surface area (Å²) in [5.74, 6) is -0.482. The average molecular weight is 287 g/mol. The van der Waals surface area contributed by atoms with Gasteiger partial charge in [-0.25, -0.2) is 0 Å². The number of halogens is 3. The number of carbonyl (C=O) groups excluding carboxylic acids is 1. The topological polar surface area (TPSA) is 38.3 Å². The molecule has 1 fully saturated rings. The number of nitrogens with one attached hydrogen (secondary N) is 1. The summed E-state index contributed by atoms with van der Waals surface area (Å²) in [6.07, 6.45) is -3.47. The van der Waals surface area contributed by atoms with Crippen molar-refractivity contribution in [3.8, 4) is 0 Å². The molecule has 3 nitrogen and oxygen atoms in total. The van der Waals surface area contributed by atoms with Gasteiger partial charge in [0.25, 0.3) is 0 Å². The van der Waals surface area contributed by atoms with Gasteiger partial charge in [-0.1, -0.05) is 12.1 Å². The molecule has 0 amide bonds. The second-order valence-electron chi connectivity index (χ2n) is 4.92. The summed E-state index contributed by atoms with van der Waals surface area (Å²) in [6, 6.07) is 5.04. The van der Waals surface area contributed by atoms with E-state index in [1.807, 2.05) is 0 Å². The fourth-order valence-electron chi connectivity index (χ4n) is 2.53. The lowest BCUT2D eigenvalue weighted by atomic mass is 9.84. The normalized spacial score (nSPS) is 18.6. The molecule has 0 radical (unpaired) electrons. The molecule has 1 heterocycles. The third-order valence-electron chi connectivity index (χ3n) is 3.47. The lowest BCUT2D eigenvalue weighted by Gasteiger charge is -2.37. The van der Waals surface area contributed by atoms with Gasteiger partial charge in [0, 0.05) is 19.8 Å². The molecule has 0 saturated carbocycles. The number of hydrogen-bond acceptors (Lipinski definition) is 3. The van der Waals surface area contributed by atoms with E-state index >= 15 is 0 Å². The van der Waals surface area contributed by atoms with Gasteiger partial charge in [0.05, 0.1) is 5.56 Å². The molecule has 1 saturated heterocycles. The second kappa shape index (κ2) is 5.44. The first kappa shape index (κ1) is 14.8. The van der Waals surface area contributed by atoms with Crippen LogP contribution < -0.4 is 5.32 Å². The SMILES string of the molecule is CC(=O)OC1(c2cccc(C(F)(F)F)c2)CCNCC1. The van der Waals surface area contributed by atoms with Gasteiger partial charge < -0.3 is 10.1 Å². The second-order valence-corrected chi connectivity index (χ2v) is 4.92. The van der Waals surface area contributed by atoms with Gasteiger partial charge in [-0.2, -0.15) is 13.2 Å². The number of carbonyl (C=O) groups is 1. The highest BCUT2D eigenvalue weighted by Crippen LogP contribution is 2.38. The van der Waals surface area contributed by atoms with Crippen LogP contribution in [0.4, 0.5) is 13.2 Å². The lowest BCUT2D eigenvalue weighted by Crippen LogP contribution is -2.43. The zero-order valence-electron chi connectivity index (χ0n) is 11.1. The van der Waals surface area contributed by atoms with Crippen LogP contribution in [-0.2, 0) is 21.3 Å². The molecule has 20 heavy (non-hydrogen) atoms. The van der Waals surface area contributed by atoms with Gasteiger partial charge in [-0.05, 0) is 30.8 Å². The first-order valence-electron chi connectivity index (χ1n) is 6.41. The quantitative estimate of drug-likeness (QED) is 0.850. The van der Waals surface area contributed by atoms with E-state index in [0.29, 0.717) is 31.5 Å². The Balaban J connectivity index is 2.41. The first-order valence-corrected chi connectivity index (χ1v) is 6.41. The lowest BCUT2D eigenvalue weighted by molar-refractivity contribution is -0.161. The van der Waals surface area contributed by atoms with E-state index in [9.17, 15) is 18.0 Å². The van der Waals surface area contributed by atoms with Crippen LogP contribution in [0.25, 0.3) is 0 Å². The zero-order valence-corrected chi connectivity index (χ0v) is 11.1. The van der Waals surface area contributed by atoms with Crippen molar-refractivity contribution in [3.05, 3.63) is 35.4 Å². The standard InChI is InChI=1S/C14H16F3NO2/c1-10(19)20-13(5-7-18-8-6-13)11-3-2-4-12(9-11)14(15,16)17/h2-4,9,18H,5-8H2,1H3. The maximum atomic E-state index is 12.8. The summed E-state index contributed by atoms with van der Waals surface area (Å²) in [5, 5.41) is 3.11. The Bertz CT molecular complexity index is 493. The van der Waals surface area contributed by atoms with E-state index in [-0.39, 0.29) is 0 Å². The Kier molecular flexibility index (Phi) is 4.04. The van der Waals surface area contributed by atoms with Crippen molar-refractivity contribution < 1.29 is 22.7 Å². The highest BCUT2D eigenvalue weighted by atomic mass is 19.4. The number of alkyl halides is 3. The molecule has 1 aromatic rings. The number of piperidine rings is 1. The van der Waals surface area contributed by atoms with Crippen LogP contribution in [0.3, 0.4) is 0 Å². The molecule has 1 aliphatic heterocycles. The predicted molar refractivity (Wildman–Crippen MR) is 67.0 cm³/mol. The summed E-state index contributed by atoms with van der Waals surface area (Å²) in [7, 11) is 0. The zero-order chi connectivity index (χ0) is 14.8. The Morgan fingerprint density at radius 2 is 1.95 bits per heavy atom. The van der Waals surface area contributed by atoms with Crippen molar-refractivity contribution in [3.63, 3.8) is 0 Å². The fourth-order valence-corrected chi connectivity index (χ4v) is 2.53. The largest absolute Gasteiger partial charge is 0.454 e. The summed E-state index contributed by atoms with van der Waals surface area (Å²) in [5.41, 5.74) is -1.28. The van der Waals surface area contributed by atoms with Crippen molar-refractivity contribution in [2.24, 2.45) is 0 Å². The van der Waals surface area contributed by atoms with E-state index < -0.39 is 23.3 Å². The van der Waals surface area contributed by atoms with Crippen LogP contribution in [0, 0.1) is 0 Å². The number of rotatable bonds is 2. The Morgan fingerprint density at radius 1 is 1.30 bits per heavy atom. The minimum absolute atomic E-state index is 0.407. The highest BCUT2D eigenvalue weighted by molar-refractivity contribution is 5.67. The summed E-state index contributed by atoms with van der Waals surface area (Å²) in [6.45, 7) is 2.48. The Labute approximate surface area is 115 Å². The molecule has 0 bridgehead atoms. The van der Waals surface area contributed by atoms with Gasteiger partial charge in [-0.15, -0.1) is 0 Å². The first-order chi connectivity index (χ1) is 9.33. The predicted octanol–water partition coefficient (Wildman–Crippen LogP) is 2.85. The summed E-state index contributed by atoms with van der Waals surface area (Å²) < 4.78 is 43.8. The third kappa shape index (κ3) is 3.12. The smallest absolute Gasteiger partial charge is 0.416 e. The van der Waals surface area contributed by atoms with Crippen LogP contribution in [0.5, 0.6) is 0 Å². The van der Waals surface area contributed by atoms with Gasteiger partial charge in [0.15, 0.2) is 0 Å². The van der Waals surface area contributed by atoms with E-state index in [4.69, 9.17) is 4.74 Å². The van der Waals surface area contributed by atoms with Crippen molar-refractivity contribution in [2.75, 3.05) is 13.1 Å². The minimum atomic E-state index is -4.40. The molecule has 1 N–H and O–H groups in total. The summed E-state index contributed by atoms with van der Waals surface area (Å²) >= 11 is 0. The monoisotopic (exact) mass is 287 g/mol. The molecule has 0 atom stereocenters. The molecular weight excluding hydrogens is 271 g/mol. The maximum absolute atomic E-state index is 12.8. The molecule has 110 valence electrons. The van der Waals surface area contributed by atoms with Crippen molar-refractivity contribution in [2.45, 2.75) is 31.5 Å². The van der Waals surface area contributed by atoms with E-state index in [1.165, 1.54) is 13.0 Å². The van der Waals surface area contributed by atoms with Crippen LogP contribution in [-0.4, -0.2) is 19.1 Å². The maximum Gasteiger partial charge on any atom is 0.416 e. The molecule has 0 unspecified atom stereocenters. The van der Waals surface area contributed by atoms with Crippen LogP contribution in [0.2, 0.25) is 0 Å². The van der Waals surface area contributed by atoms with Gasteiger partial charge in [0.2, 0.25) is 0 Å². The van der Waals surface area contributed by atoms with Crippen LogP contribution >= 0.6 is 0 Å². The number of esters is 1. The number of ether oxygens (including phenoxy) is 1. The molecular formula is C14H16F3NO2. The molecule has 1 aliphatic rings. The Morgan fingerprint density at radius 3 is 2.50 bits per heavy atom. The molecule has 6 heteroatoms. The number of hydrogen-bond donors (Lipinski definition) is 1. The van der Waals surface area contributed by atoms with Gasteiger partial charge >= 0.3 is 12.1 Å². The number of benzene rings is 1. The van der Waals surface area contributed by atoms with Crippen LogP contribution in [0.1, 0.15) is 30.9 Å². The molecule has 2 rings (SSSR count). The van der Waals surface area contributed by atoms with Gasteiger partial charge in [0.1, 0.15) is 5.60 Å². The third-order valence-corrected chi connectivity index (χ3v) is 3.47.